The molecule has 0 radical (unpaired) electrons. The number of nitrogens with two attached hydrogens (primary N) is 1. The third kappa shape index (κ3) is 4.20. The lowest BCUT2D eigenvalue weighted by Crippen LogP contribution is -2.28. The molecule has 1 heterocycles. The van der Waals surface area contributed by atoms with Crippen LogP contribution in [-0.4, -0.2) is 29.4 Å². The van der Waals surface area contributed by atoms with Gasteiger partial charge >= 0.3 is 12.0 Å². The molecule has 0 aliphatic carbocycles. The van der Waals surface area contributed by atoms with Crippen molar-refractivity contribution in [1.29, 1.82) is 0 Å². The number of ketones is 1. The Labute approximate surface area is 161 Å². The molecule has 144 valence electrons. The predicted molar refractivity (Wildman–Crippen MR) is 105 cm³/mol. The van der Waals surface area contributed by atoms with Crippen LogP contribution in [0.4, 0.5) is 4.79 Å². The number of amides is 2. The number of Topliss-reactive ketones (excluding diaryl/α,β-unsaturated/α-hetero) is 1. The van der Waals surface area contributed by atoms with Crippen molar-refractivity contribution in [1.82, 2.24) is 10.3 Å². The summed E-state index contributed by atoms with van der Waals surface area (Å²) in [7, 11) is 0. The average Bonchev–Trinajstić information content (AvgIpc) is 3.15. The van der Waals surface area contributed by atoms with Gasteiger partial charge in [0.05, 0.1) is 5.56 Å². The molecule has 0 bridgehead atoms. The fraction of sp³-hybridized carbons (Fsp3) is 0.190. The van der Waals surface area contributed by atoms with E-state index >= 15 is 0 Å². The van der Waals surface area contributed by atoms with Crippen molar-refractivity contribution >= 4 is 28.7 Å². The van der Waals surface area contributed by atoms with Crippen LogP contribution in [0, 0.1) is 0 Å². The fourth-order valence-electron chi connectivity index (χ4n) is 2.98. The van der Waals surface area contributed by atoms with Crippen LogP contribution in [0.15, 0.2) is 48.7 Å². The van der Waals surface area contributed by atoms with Crippen molar-refractivity contribution in [3.63, 3.8) is 0 Å². The highest BCUT2D eigenvalue weighted by molar-refractivity contribution is 6.09. The van der Waals surface area contributed by atoms with E-state index in [0.717, 1.165) is 28.5 Å². The van der Waals surface area contributed by atoms with Crippen LogP contribution in [-0.2, 0) is 17.7 Å². The number of rotatable bonds is 7. The van der Waals surface area contributed by atoms with Crippen LogP contribution in [0.3, 0.4) is 0 Å². The van der Waals surface area contributed by atoms with Crippen molar-refractivity contribution in [2.75, 3.05) is 6.61 Å². The van der Waals surface area contributed by atoms with Gasteiger partial charge in [0.15, 0.2) is 6.61 Å². The SMILES string of the molecule is CCc1cccc2c(C(=O)COC(=O)c3ccc(CNC(N)=O)cc3)c[nH]c12. The van der Waals surface area contributed by atoms with Crippen LogP contribution in [0.5, 0.6) is 0 Å². The molecule has 7 nitrogen and oxygen atoms in total. The van der Waals surface area contributed by atoms with E-state index in [9.17, 15) is 14.4 Å². The van der Waals surface area contributed by atoms with Crippen molar-refractivity contribution < 1.29 is 19.1 Å². The number of benzene rings is 2. The highest BCUT2D eigenvalue weighted by atomic mass is 16.5. The van der Waals surface area contributed by atoms with Gasteiger partial charge in [0.2, 0.25) is 5.78 Å². The fourth-order valence-corrected chi connectivity index (χ4v) is 2.98. The standard InChI is InChI=1S/C21H21N3O4/c1-2-14-4-3-5-16-17(11-23-19(14)16)18(25)12-28-20(26)15-8-6-13(7-9-15)10-24-21(22)27/h3-9,11,23H,2,10,12H2,1H3,(H3,22,24,27). The molecule has 0 unspecified atom stereocenters. The normalized spacial score (nSPS) is 10.6. The van der Waals surface area contributed by atoms with Crippen molar-refractivity contribution in [3.8, 4) is 0 Å². The summed E-state index contributed by atoms with van der Waals surface area (Å²) in [5, 5.41) is 3.29. The Morgan fingerprint density at radius 2 is 1.86 bits per heavy atom. The second kappa shape index (κ2) is 8.39. The molecule has 0 fully saturated rings. The number of aromatic amines is 1. The van der Waals surface area contributed by atoms with Crippen LogP contribution >= 0.6 is 0 Å². The largest absolute Gasteiger partial charge is 0.454 e. The Hall–Kier alpha value is -3.61. The predicted octanol–water partition coefficient (Wildman–Crippen LogP) is 2.94. The number of fused-ring (bicyclic) bond motifs is 1. The minimum Gasteiger partial charge on any atom is -0.454 e. The molecule has 4 N–H and O–H groups in total. The second-order valence-corrected chi connectivity index (χ2v) is 6.31. The summed E-state index contributed by atoms with van der Waals surface area (Å²) in [5.41, 5.74) is 8.69. The van der Waals surface area contributed by atoms with E-state index in [1.54, 1.807) is 30.5 Å². The minimum absolute atomic E-state index is 0.267. The van der Waals surface area contributed by atoms with E-state index in [4.69, 9.17) is 10.5 Å². The highest BCUT2D eigenvalue weighted by Gasteiger charge is 2.16. The number of ether oxygens (including phenoxy) is 1. The van der Waals surface area contributed by atoms with Gasteiger partial charge in [-0.15, -0.1) is 0 Å². The van der Waals surface area contributed by atoms with E-state index in [1.165, 1.54) is 0 Å². The smallest absolute Gasteiger partial charge is 0.338 e. The van der Waals surface area contributed by atoms with Gasteiger partial charge < -0.3 is 20.8 Å². The Balaban J connectivity index is 1.63. The zero-order chi connectivity index (χ0) is 20.1. The van der Waals surface area contributed by atoms with E-state index in [1.807, 2.05) is 25.1 Å². The summed E-state index contributed by atoms with van der Waals surface area (Å²) in [5.74, 6) is -0.855. The average molecular weight is 379 g/mol. The number of hydrogen-bond acceptors (Lipinski definition) is 4. The topological polar surface area (TPSA) is 114 Å². The van der Waals surface area contributed by atoms with Crippen LogP contribution < -0.4 is 11.1 Å². The number of aryl methyl sites for hydroxylation is 1. The molecule has 2 amide bonds. The molecule has 7 heteroatoms. The Bertz CT molecular complexity index is 1020. The number of H-pyrrole nitrogens is 1. The number of esters is 1. The van der Waals surface area contributed by atoms with E-state index in [2.05, 4.69) is 10.3 Å². The second-order valence-electron chi connectivity index (χ2n) is 6.31. The van der Waals surface area contributed by atoms with Gasteiger partial charge in [0.25, 0.3) is 0 Å². The van der Waals surface area contributed by atoms with E-state index in [-0.39, 0.29) is 18.9 Å². The summed E-state index contributed by atoms with van der Waals surface area (Å²) in [4.78, 5) is 38.5. The van der Waals surface area contributed by atoms with Gasteiger partial charge in [0, 0.05) is 29.2 Å². The van der Waals surface area contributed by atoms with Crippen LogP contribution in [0.25, 0.3) is 10.9 Å². The number of nitrogens with one attached hydrogen (secondary N) is 2. The van der Waals surface area contributed by atoms with Gasteiger partial charge in [-0.25, -0.2) is 9.59 Å². The lowest BCUT2D eigenvalue weighted by Gasteiger charge is -2.06. The van der Waals surface area contributed by atoms with Crippen LogP contribution in [0.2, 0.25) is 0 Å². The first-order valence-corrected chi connectivity index (χ1v) is 8.91. The molecule has 28 heavy (non-hydrogen) atoms. The van der Waals surface area contributed by atoms with Gasteiger partial charge in [-0.1, -0.05) is 37.3 Å². The van der Waals surface area contributed by atoms with Gasteiger partial charge in [-0.2, -0.15) is 0 Å². The molecule has 3 rings (SSSR count). The molecule has 2 aromatic carbocycles. The first-order valence-electron chi connectivity index (χ1n) is 8.91. The monoisotopic (exact) mass is 379 g/mol. The molecule has 0 saturated carbocycles. The number of carbonyl (C=O) groups excluding carboxylic acids is 3. The maximum Gasteiger partial charge on any atom is 0.338 e. The summed E-state index contributed by atoms with van der Waals surface area (Å²) in [6.45, 7) is 1.98. The molecular weight excluding hydrogens is 358 g/mol. The van der Waals surface area contributed by atoms with E-state index < -0.39 is 12.0 Å². The lowest BCUT2D eigenvalue weighted by atomic mass is 10.1. The Kier molecular flexibility index (Phi) is 5.74. The molecule has 3 aromatic rings. The quantitative estimate of drug-likeness (QED) is 0.432. The maximum atomic E-state index is 12.5. The summed E-state index contributed by atoms with van der Waals surface area (Å²) < 4.78 is 5.17. The van der Waals surface area contributed by atoms with Gasteiger partial charge in [0.1, 0.15) is 0 Å². The Morgan fingerprint density at radius 1 is 1.11 bits per heavy atom. The van der Waals surface area contributed by atoms with Crippen molar-refractivity contribution in [3.05, 3.63) is 70.9 Å². The first-order chi connectivity index (χ1) is 13.5. The number of primary amides is 1. The number of hydrogen-bond donors (Lipinski definition) is 3. The van der Waals surface area contributed by atoms with Gasteiger partial charge in [-0.05, 0) is 29.7 Å². The van der Waals surface area contributed by atoms with Crippen LogP contribution in [0.1, 0.15) is 38.8 Å². The Morgan fingerprint density at radius 3 is 2.54 bits per heavy atom. The summed E-state index contributed by atoms with van der Waals surface area (Å²) in [6.07, 6.45) is 2.51. The summed E-state index contributed by atoms with van der Waals surface area (Å²) >= 11 is 0. The summed E-state index contributed by atoms with van der Waals surface area (Å²) in [6, 6.07) is 11.7. The minimum atomic E-state index is -0.620. The number of urea groups is 1. The number of aromatic nitrogens is 1. The first kappa shape index (κ1) is 19.2. The van der Waals surface area contributed by atoms with Crippen molar-refractivity contribution in [2.24, 2.45) is 5.73 Å². The van der Waals surface area contributed by atoms with Crippen molar-refractivity contribution in [2.45, 2.75) is 19.9 Å². The third-order valence-corrected chi connectivity index (χ3v) is 4.47. The molecule has 1 aromatic heterocycles. The lowest BCUT2D eigenvalue weighted by molar-refractivity contribution is 0.0475. The van der Waals surface area contributed by atoms with Gasteiger partial charge in [-0.3, -0.25) is 4.79 Å². The molecule has 0 atom stereocenters. The molecular formula is C21H21N3O4. The maximum absolute atomic E-state index is 12.5. The zero-order valence-corrected chi connectivity index (χ0v) is 15.5. The highest BCUT2D eigenvalue weighted by Crippen LogP contribution is 2.22. The third-order valence-electron chi connectivity index (χ3n) is 4.47. The molecule has 0 spiro atoms. The zero-order valence-electron chi connectivity index (χ0n) is 15.5. The molecule has 0 saturated heterocycles. The molecule has 0 aliphatic heterocycles. The van der Waals surface area contributed by atoms with E-state index in [0.29, 0.717) is 11.1 Å². The number of para-hydroxylation sites is 1. The number of carbonyl (C=O) groups is 3. The molecule has 0 aliphatic rings.